The Morgan fingerprint density at radius 3 is 2.58 bits per heavy atom. The number of nitrogens with zero attached hydrogens (tertiary/aromatic N) is 3. The first-order valence-electron chi connectivity index (χ1n) is 6.50. The highest BCUT2D eigenvalue weighted by molar-refractivity contribution is 7.89. The molecule has 1 saturated heterocycles. The van der Waals surface area contributed by atoms with Gasteiger partial charge in [-0.15, -0.1) is 0 Å². The van der Waals surface area contributed by atoms with Crippen LogP contribution in [0, 0.1) is 6.92 Å². The second-order valence-electron chi connectivity index (χ2n) is 4.87. The normalized spacial score (nSPS) is 18.8. The van der Waals surface area contributed by atoms with Gasteiger partial charge in [0, 0.05) is 25.7 Å². The van der Waals surface area contributed by atoms with Crippen LogP contribution in [0.4, 0.5) is 0 Å². The van der Waals surface area contributed by atoms with Gasteiger partial charge < -0.3 is 0 Å². The first-order chi connectivity index (χ1) is 9.00. The number of nitrogens with one attached hydrogen (secondary N) is 1. The molecule has 19 heavy (non-hydrogen) atoms. The average molecular weight is 288 g/mol. The molecule has 0 bridgehead atoms. The van der Waals surface area contributed by atoms with Crippen LogP contribution in [-0.2, 0) is 16.6 Å². The molecule has 108 valence electrons. The Morgan fingerprint density at radius 1 is 1.37 bits per heavy atom. The fourth-order valence-corrected chi connectivity index (χ4v) is 3.06. The van der Waals surface area contributed by atoms with Crippen LogP contribution in [0.3, 0.4) is 0 Å². The molecule has 0 radical (unpaired) electrons. The minimum atomic E-state index is -3.10. The lowest BCUT2D eigenvalue weighted by atomic mass is 10.1. The van der Waals surface area contributed by atoms with Crippen molar-refractivity contribution in [2.75, 3.05) is 18.8 Å². The molecule has 1 aromatic rings. The molecule has 2 heterocycles. The summed E-state index contributed by atoms with van der Waals surface area (Å²) in [5.41, 5.74) is 1.67. The molecule has 1 fully saturated rings. The summed E-state index contributed by atoms with van der Waals surface area (Å²) in [7, 11) is -3.10. The number of rotatable bonds is 5. The standard InChI is InChI=1S/C11H20N4O3S/c1-3-19(16,17)14-10-4-6-15(7-5-10)8-11-9(2)12-18-13-11/h10,14H,3-8H2,1-2H3. The predicted molar refractivity (Wildman–Crippen MR) is 69.9 cm³/mol. The Kier molecular flexibility index (Phi) is 4.54. The predicted octanol–water partition coefficient (Wildman–Crippen LogP) is 0.282. The molecule has 0 atom stereocenters. The lowest BCUT2D eigenvalue weighted by molar-refractivity contribution is 0.193. The van der Waals surface area contributed by atoms with Crippen molar-refractivity contribution < 1.29 is 13.0 Å². The topological polar surface area (TPSA) is 88.3 Å². The zero-order valence-electron chi connectivity index (χ0n) is 11.3. The molecule has 8 heteroatoms. The minimum Gasteiger partial charge on any atom is -0.297 e. The molecule has 2 rings (SSSR count). The average Bonchev–Trinajstić information content (AvgIpc) is 2.77. The summed E-state index contributed by atoms with van der Waals surface area (Å²) in [6.07, 6.45) is 1.65. The molecular weight excluding hydrogens is 268 g/mol. The van der Waals surface area contributed by atoms with Crippen LogP contribution in [0.25, 0.3) is 0 Å². The third kappa shape index (κ3) is 3.99. The van der Waals surface area contributed by atoms with Crippen LogP contribution in [0.5, 0.6) is 0 Å². The van der Waals surface area contributed by atoms with Crippen molar-refractivity contribution in [1.29, 1.82) is 0 Å². The van der Waals surface area contributed by atoms with E-state index < -0.39 is 10.0 Å². The molecule has 0 unspecified atom stereocenters. The molecule has 1 aliphatic heterocycles. The van der Waals surface area contributed by atoms with Gasteiger partial charge in [0.15, 0.2) is 0 Å². The van der Waals surface area contributed by atoms with Crippen LogP contribution in [-0.4, -0.2) is 48.5 Å². The number of likely N-dealkylation sites (tertiary alicyclic amines) is 1. The van der Waals surface area contributed by atoms with E-state index in [4.69, 9.17) is 0 Å². The number of aryl methyl sites for hydroxylation is 1. The molecule has 0 aliphatic carbocycles. The summed E-state index contributed by atoms with van der Waals surface area (Å²) in [5.74, 6) is 0.136. The lowest BCUT2D eigenvalue weighted by Gasteiger charge is -2.31. The maximum atomic E-state index is 11.5. The molecule has 1 N–H and O–H groups in total. The molecule has 0 aromatic carbocycles. The Bertz CT molecular complexity index is 506. The monoisotopic (exact) mass is 288 g/mol. The van der Waals surface area contributed by atoms with E-state index in [1.165, 1.54) is 0 Å². The van der Waals surface area contributed by atoms with E-state index in [1.807, 2.05) is 6.92 Å². The molecule has 0 spiro atoms. The second kappa shape index (κ2) is 5.98. The fraction of sp³-hybridized carbons (Fsp3) is 0.818. The summed E-state index contributed by atoms with van der Waals surface area (Å²) >= 11 is 0. The number of piperidine rings is 1. The van der Waals surface area contributed by atoms with Crippen molar-refractivity contribution in [2.24, 2.45) is 0 Å². The van der Waals surface area contributed by atoms with Crippen LogP contribution < -0.4 is 4.72 Å². The molecule has 7 nitrogen and oxygen atoms in total. The summed E-state index contributed by atoms with van der Waals surface area (Å²) < 4.78 is 30.4. The van der Waals surface area contributed by atoms with E-state index in [0.29, 0.717) is 6.54 Å². The van der Waals surface area contributed by atoms with E-state index in [0.717, 1.165) is 37.3 Å². The summed E-state index contributed by atoms with van der Waals surface area (Å²) in [6.45, 7) is 5.93. The summed E-state index contributed by atoms with van der Waals surface area (Å²) in [5, 5.41) is 7.61. The first kappa shape index (κ1) is 14.4. The first-order valence-corrected chi connectivity index (χ1v) is 8.16. The van der Waals surface area contributed by atoms with E-state index in [-0.39, 0.29) is 11.8 Å². The molecule has 1 aliphatic rings. The largest absolute Gasteiger partial charge is 0.297 e. The van der Waals surface area contributed by atoms with E-state index >= 15 is 0 Å². The number of hydrogen-bond donors (Lipinski definition) is 1. The van der Waals surface area contributed by atoms with Gasteiger partial charge in [0.25, 0.3) is 0 Å². The highest BCUT2D eigenvalue weighted by Crippen LogP contribution is 2.14. The molecule has 0 amide bonds. The van der Waals surface area contributed by atoms with Crippen molar-refractivity contribution in [3.8, 4) is 0 Å². The fourth-order valence-electron chi connectivity index (χ4n) is 2.15. The van der Waals surface area contributed by atoms with Crippen LogP contribution >= 0.6 is 0 Å². The van der Waals surface area contributed by atoms with Gasteiger partial charge in [-0.1, -0.05) is 10.3 Å². The van der Waals surface area contributed by atoms with Gasteiger partial charge in [-0.05, 0) is 26.7 Å². The highest BCUT2D eigenvalue weighted by Gasteiger charge is 2.23. The Hall–Kier alpha value is -0.990. The van der Waals surface area contributed by atoms with Crippen molar-refractivity contribution >= 4 is 10.0 Å². The van der Waals surface area contributed by atoms with Crippen LogP contribution in [0.1, 0.15) is 31.2 Å². The molecule has 0 saturated carbocycles. The third-order valence-electron chi connectivity index (χ3n) is 3.43. The molecular formula is C11H20N4O3S. The van der Waals surface area contributed by atoms with Crippen molar-refractivity contribution in [3.05, 3.63) is 11.4 Å². The smallest absolute Gasteiger partial charge is 0.211 e. The maximum absolute atomic E-state index is 11.5. The Balaban J connectivity index is 1.81. The van der Waals surface area contributed by atoms with E-state index in [2.05, 4.69) is 24.6 Å². The number of aromatic nitrogens is 2. The van der Waals surface area contributed by atoms with Gasteiger partial charge in [0.2, 0.25) is 10.0 Å². The van der Waals surface area contributed by atoms with Gasteiger partial charge in [0.05, 0.1) is 5.75 Å². The third-order valence-corrected chi connectivity index (χ3v) is 4.89. The van der Waals surface area contributed by atoms with Gasteiger partial charge in [-0.25, -0.2) is 17.8 Å². The quantitative estimate of drug-likeness (QED) is 0.837. The van der Waals surface area contributed by atoms with Crippen LogP contribution in [0.2, 0.25) is 0 Å². The zero-order valence-corrected chi connectivity index (χ0v) is 12.1. The second-order valence-corrected chi connectivity index (χ2v) is 6.91. The Labute approximate surface area is 113 Å². The minimum absolute atomic E-state index is 0.0535. The van der Waals surface area contributed by atoms with Crippen molar-refractivity contribution in [2.45, 2.75) is 39.3 Å². The lowest BCUT2D eigenvalue weighted by Crippen LogP contribution is -2.44. The molecule has 1 aromatic heterocycles. The SMILES string of the molecule is CCS(=O)(=O)NC1CCN(Cc2nonc2C)CC1. The van der Waals surface area contributed by atoms with Crippen molar-refractivity contribution in [3.63, 3.8) is 0 Å². The number of hydrogen-bond acceptors (Lipinski definition) is 6. The summed E-state index contributed by atoms with van der Waals surface area (Å²) in [6, 6.07) is 0.0535. The van der Waals surface area contributed by atoms with Gasteiger partial charge in [-0.2, -0.15) is 0 Å². The van der Waals surface area contributed by atoms with E-state index in [9.17, 15) is 8.42 Å². The summed E-state index contributed by atoms with van der Waals surface area (Å²) in [4.78, 5) is 2.24. The van der Waals surface area contributed by atoms with Crippen LogP contribution in [0.15, 0.2) is 4.63 Å². The van der Waals surface area contributed by atoms with Crippen molar-refractivity contribution in [1.82, 2.24) is 19.9 Å². The van der Waals surface area contributed by atoms with E-state index in [1.54, 1.807) is 6.92 Å². The highest BCUT2D eigenvalue weighted by atomic mass is 32.2. The van der Waals surface area contributed by atoms with Gasteiger partial charge in [0.1, 0.15) is 11.4 Å². The number of sulfonamides is 1. The van der Waals surface area contributed by atoms with Gasteiger partial charge >= 0.3 is 0 Å². The Morgan fingerprint density at radius 2 is 2.05 bits per heavy atom. The van der Waals surface area contributed by atoms with Gasteiger partial charge in [-0.3, -0.25) is 4.90 Å². The zero-order chi connectivity index (χ0) is 13.9. The maximum Gasteiger partial charge on any atom is 0.211 e.